The molecule has 1 fully saturated rings. The Morgan fingerprint density at radius 3 is 2.55 bits per heavy atom. The molecule has 1 aliphatic rings. The monoisotopic (exact) mass is 276 g/mol. The first-order valence-electron chi connectivity index (χ1n) is 7.31. The van der Waals surface area contributed by atoms with Crippen LogP contribution in [0.3, 0.4) is 0 Å². The Balaban J connectivity index is 1.79. The van der Waals surface area contributed by atoms with E-state index in [4.69, 9.17) is 10.5 Å². The Morgan fingerprint density at radius 2 is 1.90 bits per heavy atom. The van der Waals surface area contributed by atoms with E-state index in [9.17, 15) is 4.79 Å². The van der Waals surface area contributed by atoms with Crippen LogP contribution in [0.5, 0.6) is 5.75 Å². The maximum absolute atomic E-state index is 11.9. The van der Waals surface area contributed by atoms with Gasteiger partial charge in [-0.3, -0.25) is 4.79 Å². The van der Waals surface area contributed by atoms with Gasteiger partial charge in [0.25, 0.3) is 5.91 Å². The van der Waals surface area contributed by atoms with E-state index in [1.807, 2.05) is 12.1 Å². The number of nitrogen functional groups attached to an aromatic ring is 1. The number of nitrogens with one attached hydrogen (secondary N) is 1. The SMILES string of the molecule is CC1CC(C)CC(NC(=O)COc2ccccc2N)C1. The van der Waals surface area contributed by atoms with Crippen molar-refractivity contribution >= 4 is 11.6 Å². The lowest BCUT2D eigenvalue weighted by Crippen LogP contribution is -2.42. The first-order valence-corrected chi connectivity index (χ1v) is 7.31. The molecule has 1 amide bonds. The van der Waals surface area contributed by atoms with Crippen LogP contribution in [0.25, 0.3) is 0 Å². The lowest BCUT2D eigenvalue weighted by molar-refractivity contribution is -0.124. The minimum absolute atomic E-state index is 0.0213. The Hall–Kier alpha value is -1.71. The summed E-state index contributed by atoms with van der Waals surface area (Å²) in [6.07, 6.45) is 3.37. The molecule has 0 saturated heterocycles. The van der Waals surface area contributed by atoms with Crippen molar-refractivity contribution in [2.75, 3.05) is 12.3 Å². The molecule has 1 saturated carbocycles. The minimum atomic E-state index is -0.0699. The van der Waals surface area contributed by atoms with Gasteiger partial charge in [0.1, 0.15) is 5.75 Å². The van der Waals surface area contributed by atoms with E-state index in [1.54, 1.807) is 12.1 Å². The molecule has 4 heteroatoms. The largest absolute Gasteiger partial charge is 0.482 e. The van der Waals surface area contributed by atoms with E-state index in [-0.39, 0.29) is 18.6 Å². The van der Waals surface area contributed by atoms with Crippen molar-refractivity contribution in [1.29, 1.82) is 0 Å². The molecule has 2 unspecified atom stereocenters. The van der Waals surface area contributed by atoms with Gasteiger partial charge in [-0.15, -0.1) is 0 Å². The summed E-state index contributed by atoms with van der Waals surface area (Å²) in [7, 11) is 0. The number of benzene rings is 1. The summed E-state index contributed by atoms with van der Waals surface area (Å²) in [6, 6.07) is 7.49. The van der Waals surface area contributed by atoms with E-state index >= 15 is 0 Å². The third-order valence-electron chi connectivity index (χ3n) is 3.82. The van der Waals surface area contributed by atoms with Crippen LogP contribution in [0, 0.1) is 11.8 Å². The zero-order chi connectivity index (χ0) is 14.5. The van der Waals surface area contributed by atoms with Gasteiger partial charge in [0.2, 0.25) is 0 Å². The van der Waals surface area contributed by atoms with Crippen molar-refractivity contribution < 1.29 is 9.53 Å². The first kappa shape index (κ1) is 14.7. The Morgan fingerprint density at radius 1 is 1.25 bits per heavy atom. The van der Waals surface area contributed by atoms with Gasteiger partial charge in [-0.2, -0.15) is 0 Å². The fourth-order valence-electron chi connectivity index (χ4n) is 3.09. The molecule has 2 rings (SSSR count). The fourth-order valence-corrected chi connectivity index (χ4v) is 3.09. The maximum atomic E-state index is 11.9. The van der Waals surface area contributed by atoms with Gasteiger partial charge in [0.15, 0.2) is 6.61 Å². The van der Waals surface area contributed by atoms with Crippen LogP contribution in [0.2, 0.25) is 0 Å². The van der Waals surface area contributed by atoms with Crippen molar-refractivity contribution in [2.24, 2.45) is 11.8 Å². The summed E-state index contributed by atoms with van der Waals surface area (Å²) < 4.78 is 5.46. The number of amides is 1. The number of carbonyl (C=O) groups is 1. The van der Waals surface area contributed by atoms with Gasteiger partial charge >= 0.3 is 0 Å². The molecule has 4 nitrogen and oxygen atoms in total. The number of anilines is 1. The highest BCUT2D eigenvalue weighted by Gasteiger charge is 2.25. The van der Waals surface area contributed by atoms with Gasteiger partial charge in [-0.05, 0) is 43.2 Å². The summed E-state index contributed by atoms with van der Waals surface area (Å²) in [5, 5.41) is 3.06. The van der Waals surface area contributed by atoms with Crippen molar-refractivity contribution in [3.8, 4) is 5.75 Å². The zero-order valence-corrected chi connectivity index (χ0v) is 12.3. The molecule has 3 N–H and O–H groups in total. The smallest absolute Gasteiger partial charge is 0.258 e. The maximum Gasteiger partial charge on any atom is 0.258 e. The Labute approximate surface area is 120 Å². The van der Waals surface area contributed by atoms with Crippen LogP contribution in [0.15, 0.2) is 24.3 Å². The van der Waals surface area contributed by atoms with E-state index < -0.39 is 0 Å². The lowest BCUT2D eigenvalue weighted by Gasteiger charge is -2.31. The zero-order valence-electron chi connectivity index (χ0n) is 12.3. The molecular formula is C16H24N2O2. The van der Waals surface area contributed by atoms with Gasteiger partial charge < -0.3 is 15.8 Å². The molecule has 0 aliphatic heterocycles. The number of hydrogen-bond donors (Lipinski definition) is 2. The summed E-state index contributed by atoms with van der Waals surface area (Å²) in [6.45, 7) is 4.51. The summed E-state index contributed by atoms with van der Waals surface area (Å²) >= 11 is 0. The Kier molecular flexibility index (Phi) is 4.88. The van der Waals surface area contributed by atoms with Crippen molar-refractivity contribution in [2.45, 2.75) is 39.2 Å². The first-order chi connectivity index (χ1) is 9.54. The van der Waals surface area contributed by atoms with E-state index in [1.165, 1.54) is 6.42 Å². The third kappa shape index (κ3) is 4.15. The van der Waals surface area contributed by atoms with Gasteiger partial charge in [0, 0.05) is 6.04 Å². The molecular weight excluding hydrogens is 252 g/mol. The van der Waals surface area contributed by atoms with Crippen molar-refractivity contribution in [3.05, 3.63) is 24.3 Å². The van der Waals surface area contributed by atoms with Crippen LogP contribution in [-0.4, -0.2) is 18.6 Å². The molecule has 20 heavy (non-hydrogen) atoms. The minimum Gasteiger partial charge on any atom is -0.482 e. The van der Waals surface area contributed by atoms with Gasteiger partial charge in [-0.1, -0.05) is 26.0 Å². The average Bonchev–Trinajstić information content (AvgIpc) is 2.36. The van der Waals surface area contributed by atoms with E-state index in [0.29, 0.717) is 23.3 Å². The quantitative estimate of drug-likeness (QED) is 0.831. The summed E-state index contributed by atoms with van der Waals surface area (Å²) in [5.41, 5.74) is 6.33. The summed E-state index contributed by atoms with van der Waals surface area (Å²) in [4.78, 5) is 11.9. The average molecular weight is 276 g/mol. The van der Waals surface area contributed by atoms with Gasteiger partial charge in [-0.25, -0.2) is 0 Å². The molecule has 0 aromatic heterocycles. The molecule has 1 aromatic rings. The van der Waals surface area contributed by atoms with Crippen LogP contribution in [-0.2, 0) is 4.79 Å². The molecule has 0 heterocycles. The molecule has 0 radical (unpaired) electrons. The fraction of sp³-hybridized carbons (Fsp3) is 0.562. The molecule has 0 bridgehead atoms. The lowest BCUT2D eigenvalue weighted by atomic mass is 9.80. The second kappa shape index (κ2) is 6.64. The second-order valence-electron chi connectivity index (χ2n) is 6.01. The predicted octanol–water partition coefficient (Wildman–Crippen LogP) is 2.59. The predicted molar refractivity (Wildman–Crippen MR) is 80.5 cm³/mol. The van der Waals surface area contributed by atoms with E-state index in [2.05, 4.69) is 19.2 Å². The Bertz CT molecular complexity index is 452. The van der Waals surface area contributed by atoms with Crippen molar-refractivity contribution in [1.82, 2.24) is 5.32 Å². The number of para-hydroxylation sites is 2. The second-order valence-corrected chi connectivity index (χ2v) is 6.01. The number of hydrogen-bond acceptors (Lipinski definition) is 3. The highest BCUT2D eigenvalue weighted by Crippen LogP contribution is 2.28. The topological polar surface area (TPSA) is 64.3 Å². The van der Waals surface area contributed by atoms with Crippen molar-refractivity contribution in [3.63, 3.8) is 0 Å². The molecule has 2 atom stereocenters. The number of rotatable bonds is 4. The number of nitrogens with two attached hydrogens (primary N) is 1. The van der Waals surface area contributed by atoms with Crippen LogP contribution in [0.4, 0.5) is 5.69 Å². The molecule has 1 aliphatic carbocycles. The molecule has 110 valence electrons. The standard InChI is InChI=1S/C16H24N2O2/c1-11-7-12(2)9-13(8-11)18-16(19)10-20-15-6-4-3-5-14(15)17/h3-6,11-13H,7-10,17H2,1-2H3,(H,18,19). The van der Waals surface area contributed by atoms with Crippen LogP contribution >= 0.6 is 0 Å². The normalized spacial score (nSPS) is 26.0. The van der Waals surface area contributed by atoms with E-state index in [0.717, 1.165) is 12.8 Å². The molecule has 0 spiro atoms. The number of ether oxygens (including phenoxy) is 1. The van der Waals surface area contributed by atoms with Crippen LogP contribution in [0.1, 0.15) is 33.1 Å². The third-order valence-corrected chi connectivity index (χ3v) is 3.82. The number of carbonyl (C=O) groups excluding carboxylic acids is 1. The van der Waals surface area contributed by atoms with Crippen LogP contribution < -0.4 is 15.8 Å². The van der Waals surface area contributed by atoms with Gasteiger partial charge in [0.05, 0.1) is 5.69 Å². The highest BCUT2D eigenvalue weighted by atomic mass is 16.5. The highest BCUT2D eigenvalue weighted by molar-refractivity contribution is 5.78. The molecule has 1 aromatic carbocycles. The summed E-state index contributed by atoms with van der Waals surface area (Å²) in [5.74, 6) is 1.84.